The van der Waals surface area contributed by atoms with Gasteiger partial charge < -0.3 is 0 Å². The number of hydrogen-bond donors (Lipinski definition) is 0. The average Bonchev–Trinajstić information content (AvgIpc) is 2.53. The summed E-state index contributed by atoms with van der Waals surface area (Å²) in [5, 5.41) is 10.5. The zero-order chi connectivity index (χ0) is 16.2. The second-order valence-corrected chi connectivity index (χ2v) is 6.88. The molecule has 0 radical (unpaired) electrons. The van der Waals surface area contributed by atoms with E-state index in [4.69, 9.17) is 4.18 Å². The summed E-state index contributed by atoms with van der Waals surface area (Å²) in [5.74, 6) is -0.328. The Labute approximate surface area is 128 Å². The summed E-state index contributed by atoms with van der Waals surface area (Å²) in [6.07, 6.45) is 4.61. The molecule has 1 aliphatic carbocycles. The van der Waals surface area contributed by atoms with Crippen molar-refractivity contribution in [2.75, 3.05) is 6.61 Å². The van der Waals surface area contributed by atoms with E-state index in [0.717, 1.165) is 56.4 Å². The number of hydrogen-bond acceptors (Lipinski definition) is 6. The summed E-state index contributed by atoms with van der Waals surface area (Å²) in [7, 11) is -4.08. The van der Waals surface area contributed by atoms with Crippen LogP contribution >= 0.6 is 0 Å². The van der Waals surface area contributed by atoms with Crippen LogP contribution in [0.3, 0.4) is 0 Å². The lowest BCUT2D eigenvalue weighted by Crippen LogP contribution is -2.24. The van der Waals surface area contributed by atoms with Crippen molar-refractivity contribution in [2.45, 2.75) is 37.0 Å². The highest BCUT2D eigenvalue weighted by molar-refractivity contribution is 7.86. The number of rotatable bonds is 6. The molecule has 2 rings (SSSR count). The van der Waals surface area contributed by atoms with Crippen molar-refractivity contribution in [3.8, 4) is 0 Å². The third-order valence-corrected chi connectivity index (χ3v) is 5.03. The fourth-order valence-electron chi connectivity index (χ4n) is 2.48. The normalized spacial score (nSPS) is 16.4. The van der Waals surface area contributed by atoms with Crippen LogP contribution in [0.1, 0.15) is 32.1 Å². The third-order valence-electron chi connectivity index (χ3n) is 3.75. The van der Waals surface area contributed by atoms with E-state index < -0.39 is 21.6 Å². The van der Waals surface area contributed by atoms with E-state index >= 15 is 0 Å². The summed E-state index contributed by atoms with van der Waals surface area (Å²) >= 11 is 0. The fourth-order valence-corrected chi connectivity index (χ4v) is 3.36. The van der Waals surface area contributed by atoms with E-state index in [-0.39, 0.29) is 22.3 Å². The number of Topliss-reactive ketones (excluding diaryl/α,β-unsaturated/α-hetero) is 1. The molecule has 0 unspecified atom stereocenters. The van der Waals surface area contributed by atoms with Crippen molar-refractivity contribution in [2.24, 2.45) is 5.92 Å². The lowest BCUT2D eigenvalue weighted by molar-refractivity contribution is -0.384. The van der Waals surface area contributed by atoms with Crippen LogP contribution in [0.15, 0.2) is 29.2 Å². The molecule has 0 saturated heterocycles. The lowest BCUT2D eigenvalue weighted by atomic mass is 9.86. The maximum Gasteiger partial charge on any atom is 0.297 e. The maximum absolute atomic E-state index is 12.0. The summed E-state index contributed by atoms with van der Waals surface area (Å²) in [4.78, 5) is 21.7. The van der Waals surface area contributed by atoms with Gasteiger partial charge in [0.05, 0.1) is 9.82 Å². The van der Waals surface area contributed by atoms with Gasteiger partial charge in [0.25, 0.3) is 15.8 Å². The number of carbonyl (C=O) groups excluding carboxylic acids is 1. The van der Waals surface area contributed by atoms with Crippen LogP contribution in [0.25, 0.3) is 0 Å². The molecule has 0 aliphatic heterocycles. The van der Waals surface area contributed by atoms with Crippen LogP contribution in [-0.4, -0.2) is 25.7 Å². The molecule has 22 heavy (non-hydrogen) atoms. The molecular weight excluding hydrogens is 310 g/mol. The van der Waals surface area contributed by atoms with Gasteiger partial charge in [-0.15, -0.1) is 0 Å². The minimum atomic E-state index is -4.08. The molecule has 0 spiro atoms. The highest BCUT2D eigenvalue weighted by Gasteiger charge is 2.24. The highest BCUT2D eigenvalue weighted by Crippen LogP contribution is 2.25. The molecule has 1 aliphatic rings. The molecule has 8 heteroatoms. The summed E-state index contributed by atoms with van der Waals surface area (Å²) in [5.41, 5.74) is -0.211. The van der Waals surface area contributed by atoms with Gasteiger partial charge in [-0.05, 0) is 25.0 Å². The van der Waals surface area contributed by atoms with Crippen molar-refractivity contribution >= 4 is 21.6 Å². The minimum Gasteiger partial charge on any atom is -0.297 e. The first kappa shape index (κ1) is 16.6. The summed E-state index contributed by atoms with van der Waals surface area (Å²) in [6.45, 7) is -0.482. The second-order valence-electron chi connectivity index (χ2n) is 5.27. The Morgan fingerprint density at radius 2 is 1.77 bits per heavy atom. The van der Waals surface area contributed by atoms with Crippen LogP contribution in [0.5, 0.6) is 0 Å². The second kappa shape index (κ2) is 6.97. The van der Waals surface area contributed by atoms with Gasteiger partial charge in [0.15, 0.2) is 5.78 Å². The Morgan fingerprint density at radius 3 is 2.32 bits per heavy atom. The van der Waals surface area contributed by atoms with Gasteiger partial charge in [-0.3, -0.25) is 19.1 Å². The van der Waals surface area contributed by atoms with E-state index in [0.29, 0.717) is 0 Å². The SMILES string of the molecule is O=C(COS(=O)(=O)c1ccc([N+](=O)[O-])cc1)C1CCCCC1. The number of nitrogens with zero attached hydrogens (tertiary/aromatic N) is 1. The fraction of sp³-hybridized carbons (Fsp3) is 0.500. The topological polar surface area (TPSA) is 104 Å². The Bertz CT molecular complexity index is 646. The van der Waals surface area contributed by atoms with Crippen LogP contribution < -0.4 is 0 Å². The largest absolute Gasteiger partial charge is 0.297 e. The quantitative estimate of drug-likeness (QED) is 0.451. The van der Waals surface area contributed by atoms with Gasteiger partial charge in [0.1, 0.15) is 6.61 Å². The van der Waals surface area contributed by atoms with E-state index in [1.807, 2.05) is 0 Å². The third kappa shape index (κ3) is 4.11. The number of non-ortho nitro benzene ring substituents is 1. The van der Waals surface area contributed by atoms with Gasteiger partial charge in [0.2, 0.25) is 0 Å². The van der Waals surface area contributed by atoms with Crippen molar-refractivity contribution < 1.29 is 22.3 Å². The van der Waals surface area contributed by atoms with Crippen LogP contribution in [0, 0.1) is 16.0 Å². The molecule has 1 aromatic rings. The molecule has 0 bridgehead atoms. The molecule has 1 saturated carbocycles. The minimum absolute atomic E-state index is 0.124. The summed E-state index contributed by atoms with van der Waals surface area (Å²) in [6, 6.07) is 4.36. The molecule has 1 fully saturated rings. The van der Waals surface area contributed by atoms with Crippen molar-refractivity contribution in [1.82, 2.24) is 0 Å². The number of nitro groups is 1. The molecule has 0 aromatic heterocycles. The van der Waals surface area contributed by atoms with Gasteiger partial charge in [-0.25, -0.2) is 0 Å². The molecule has 0 N–H and O–H groups in total. The molecule has 7 nitrogen and oxygen atoms in total. The van der Waals surface area contributed by atoms with Crippen LogP contribution in [-0.2, 0) is 19.1 Å². The van der Waals surface area contributed by atoms with Crippen LogP contribution in [0.2, 0.25) is 0 Å². The van der Waals surface area contributed by atoms with E-state index in [9.17, 15) is 23.3 Å². The van der Waals surface area contributed by atoms with Crippen molar-refractivity contribution in [3.63, 3.8) is 0 Å². The summed E-state index contributed by atoms with van der Waals surface area (Å²) < 4.78 is 28.7. The lowest BCUT2D eigenvalue weighted by Gasteiger charge is -2.19. The smallest absolute Gasteiger partial charge is 0.297 e. The molecule has 120 valence electrons. The predicted molar refractivity (Wildman–Crippen MR) is 77.8 cm³/mol. The standard InChI is InChI=1S/C14H17NO6S/c16-14(11-4-2-1-3-5-11)10-21-22(19,20)13-8-6-12(7-9-13)15(17)18/h6-9,11H,1-5,10H2. The highest BCUT2D eigenvalue weighted by atomic mass is 32.2. The zero-order valence-corrected chi connectivity index (χ0v) is 12.8. The number of nitro benzene ring substituents is 1. The molecule has 0 atom stereocenters. The van der Waals surface area contributed by atoms with Crippen molar-refractivity contribution in [3.05, 3.63) is 34.4 Å². The molecule has 0 amide bonds. The Balaban J connectivity index is 1.98. The Kier molecular flexibility index (Phi) is 5.25. The average molecular weight is 327 g/mol. The van der Waals surface area contributed by atoms with Gasteiger partial charge in [-0.1, -0.05) is 19.3 Å². The maximum atomic E-state index is 12.0. The first-order valence-electron chi connectivity index (χ1n) is 7.07. The monoisotopic (exact) mass is 327 g/mol. The predicted octanol–water partition coefficient (Wildman–Crippen LogP) is 2.45. The molecule has 1 aromatic carbocycles. The molecule has 0 heterocycles. The van der Waals surface area contributed by atoms with Crippen molar-refractivity contribution in [1.29, 1.82) is 0 Å². The van der Waals surface area contributed by atoms with E-state index in [1.54, 1.807) is 0 Å². The molecular formula is C14H17NO6S. The first-order valence-corrected chi connectivity index (χ1v) is 8.47. The van der Waals surface area contributed by atoms with Gasteiger partial charge in [0, 0.05) is 18.1 Å². The Morgan fingerprint density at radius 1 is 1.18 bits per heavy atom. The van der Waals surface area contributed by atoms with E-state index in [1.165, 1.54) is 0 Å². The van der Waals surface area contributed by atoms with Crippen LogP contribution in [0.4, 0.5) is 5.69 Å². The van der Waals surface area contributed by atoms with Gasteiger partial charge in [-0.2, -0.15) is 8.42 Å². The Hall–Kier alpha value is -1.80. The number of carbonyl (C=O) groups is 1. The zero-order valence-electron chi connectivity index (χ0n) is 11.9. The number of ketones is 1. The number of benzene rings is 1. The first-order chi connectivity index (χ1) is 10.4. The van der Waals surface area contributed by atoms with E-state index in [2.05, 4.69) is 0 Å². The van der Waals surface area contributed by atoms with Gasteiger partial charge >= 0.3 is 0 Å².